The van der Waals surface area contributed by atoms with Gasteiger partial charge >= 0.3 is 0 Å². The number of aromatic nitrogens is 1. The van der Waals surface area contributed by atoms with E-state index < -0.39 is 0 Å². The Kier molecular flexibility index (Phi) is 2.14. The summed E-state index contributed by atoms with van der Waals surface area (Å²) in [5.74, 6) is 0. The third-order valence-electron chi connectivity index (χ3n) is 1.84. The van der Waals surface area contributed by atoms with Gasteiger partial charge in [0.15, 0.2) is 0 Å². The molecule has 0 radical (unpaired) electrons. The Morgan fingerprint density at radius 2 is 2.08 bits per heavy atom. The molecule has 1 heterocycles. The summed E-state index contributed by atoms with van der Waals surface area (Å²) in [6.07, 6.45) is 1.67. The predicted octanol–water partition coefficient (Wildman–Crippen LogP) is 3.23. The van der Waals surface area contributed by atoms with Gasteiger partial charge in [0.25, 0.3) is 0 Å². The first-order valence-corrected chi connectivity index (χ1v) is 4.85. The number of nitrogens with two attached hydrogens (primary N) is 1. The minimum absolute atomic E-state index is 0.644. The minimum Gasteiger partial charge on any atom is -0.398 e. The number of halogens is 2. The molecule has 0 aliphatic heterocycles. The van der Waals surface area contributed by atoms with Crippen LogP contribution < -0.4 is 5.73 Å². The van der Waals surface area contributed by atoms with Crippen LogP contribution in [0.4, 0.5) is 5.69 Å². The molecule has 2 rings (SSSR count). The molecular formula is C9H6BrClN2. The van der Waals surface area contributed by atoms with Crippen LogP contribution in [-0.4, -0.2) is 4.98 Å². The molecule has 0 bridgehead atoms. The van der Waals surface area contributed by atoms with Gasteiger partial charge in [-0.1, -0.05) is 11.6 Å². The van der Waals surface area contributed by atoms with Crippen molar-refractivity contribution < 1.29 is 0 Å². The molecule has 1 aromatic heterocycles. The van der Waals surface area contributed by atoms with Crippen LogP contribution in [0.3, 0.4) is 0 Å². The van der Waals surface area contributed by atoms with Gasteiger partial charge in [-0.3, -0.25) is 4.98 Å². The number of hydrogen-bond donors (Lipinski definition) is 1. The number of nitrogens with zero attached hydrogens (tertiary/aromatic N) is 1. The van der Waals surface area contributed by atoms with Gasteiger partial charge in [0.2, 0.25) is 0 Å². The summed E-state index contributed by atoms with van der Waals surface area (Å²) in [5, 5.41) is 1.56. The lowest BCUT2D eigenvalue weighted by atomic mass is 10.2. The van der Waals surface area contributed by atoms with Gasteiger partial charge in [0.05, 0.1) is 15.0 Å². The van der Waals surface area contributed by atoms with Crippen molar-refractivity contribution in [2.45, 2.75) is 0 Å². The zero-order valence-electron chi connectivity index (χ0n) is 6.59. The molecule has 0 saturated carbocycles. The molecule has 0 aliphatic rings. The summed E-state index contributed by atoms with van der Waals surface area (Å²) in [4.78, 5) is 4.19. The van der Waals surface area contributed by atoms with Crippen molar-refractivity contribution in [3.63, 3.8) is 0 Å². The van der Waals surface area contributed by atoms with Gasteiger partial charge in [0.1, 0.15) is 0 Å². The van der Waals surface area contributed by atoms with Gasteiger partial charge in [0, 0.05) is 17.3 Å². The molecule has 13 heavy (non-hydrogen) atoms. The number of pyridine rings is 1. The van der Waals surface area contributed by atoms with Crippen LogP contribution in [0.15, 0.2) is 28.9 Å². The second kappa shape index (κ2) is 3.16. The van der Waals surface area contributed by atoms with Crippen molar-refractivity contribution in [3.05, 3.63) is 33.9 Å². The molecule has 0 fully saturated rings. The first-order valence-electron chi connectivity index (χ1n) is 3.68. The molecular weight excluding hydrogens is 251 g/mol. The number of anilines is 1. The molecule has 4 heteroatoms. The minimum atomic E-state index is 0.644. The predicted molar refractivity (Wildman–Crippen MR) is 58.9 cm³/mol. The zero-order chi connectivity index (χ0) is 9.42. The SMILES string of the molecule is Nc1ccnc2c(Br)c(Cl)ccc12. The van der Waals surface area contributed by atoms with Crippen LogP contribution in [0.2, 0.25) is 5.02 Å². The van der Waals surface area contributed by atoms with Crippen molar-refractivity contribution in [2.75, 3.05) is 5.73 Å². The summed E-state index contributed by atoms with van der Waals surface area (Å²) in [6.45, 7) is 0. The molecule has 2 nitrogen and oxygen atoms in total. The van der Waals surface area contributed by atoms with Crippen molar-refractivity contribution in [2.24, 2.45) is 0 Å². The molecule has 2 aromatic rings. The molecule has 0 atom stereocenters. The molecule has 0 aliphatic carbocycles. The molecule has 2 N–H and O–H groups in total. The van der Waals surface area contributed by atoms with Gasteiger partial charge in [-0.25, -0.2) is 0 Å². The van der Waals surface area contributed by atoms with E-state index in [4.69, 9.17) is 17.3 Å². The fourth-order valence-corrected chi connectivity index (χ4v) is 1.78. The highest BCUT2D eigenvalue weighted by molar-refractivity contribution is 9.10. The number of benzene rings is 1. The van der Waals surface area contributed by atoms with E-state index in [2.05, 4.69) is 20.9 Å². The lowest BCUT2D eigenvalue weighted by Gasteiger charge is -2.03. The summed E-state index contributed by atoms with van der Waals surface area (Å²) in [7, 11) is 0. The van der Waals surface area contributed by atoms with E-state index in [-0.39, 0.29) is 0 Å². The van der Waals surface area contributed by atoms with Crippen molar-refractivity contribution in [1.29, 1.82) is 0 Å². The maximum Gasteiger partial charge on any atom is 0.0879 e. The van der Waals surface area contributed by atoms with E-state index in [0.29, 0.717) is 10.7 Å². The van der Waals surface area contributed by atoms with E-state index in [0.717, 1.165) is 15.4 Å². The molecule has 66 valence electrons. The quantitative estimate of drug-likeness (QED) is 0.787. The third kappa shape index (κ3) is 1.38. The molecule has 0 unspecified atom stereocenters. The zero-order valence-corrected chi connectivity index (χ0v) is 8.93. The van der Waals surface area contributed by atoms with Crippen LogP contribution in [0.5, 0.6) is 0 Å². The Hall–Kier alpha value is -0.800. The van der Waals surface area contributed by atoms with Crippen molar-refractivity contribution in [1.82, 2.24) is 4.98 Å². The summed E-state index contributed by atoms with van der Waals surface area (Å²) >= 11 is 9.28. The molecule has 0 spiro atoms. The van der Waals surface area contributed by atoms with E-state index >= 15 is 0 Å². The highest BCUT2D eigenvalue weighted by Gasteiger charge is 2.05. The van der Waals surface area contributed by atoms with Crippen molar-refractivity contribution >= 4 is 44.1 Å². The number of fused-ring (bicyclic) bond motifs is 1. The maximum absolute atomic E-state index is 5.91. The average Bonchev–Trinajstić information content (AvgIpc) is 2.12. The monoisotopic (exact) mass is 256 g/mol. The highest BCUT2D eigenvalue weighted by Crippen LogP contribution is 2.31. The first-order chi connectivity index (χ1) is 6.20. The number of nitrogen functional groups attached to an aromatic ring is 1. The molecule has 1 aromatic carbocycles. The van der Waals surface area contributed by atoms with Gasteiger partial charge in [-0.2, -0.15) is 0 Å². The Morgan fingerprint density at radius 3 is 2.85 bits per heavy atom. The number of hydrogen-bond acceptors (Lipinski definition) is 2. The fraction of sp³-hybridized carbons (Fsp3) is 0. The summed E-state index contributed by atoms with van der Waals surface area (Å²) < 4.78 is 0.791. The second-order valence-corrected chi connectivity index (χ2v) is 3.86. The standard InChI is InChI=1S/C9H6BrClN2/c10-8-6(11)2-1-5-7(12)3-4-13-9(5)8/h1-4H,(H2,12,13). The van der Waals surface area contributed by atoms with Crippen LogP contribution >= 0.6 is 27.5 Å². The average molecular weight is 258 g/mol. The van der Waals surface area contributed by atoms with Crippen LogP contribution in [0.25, 0.3) is 10.9 Å². The van der Waals surface area contributed by atoms with Gasteiger partial charge in [-0.15, -0.1) is 0 Å². The highest BCUT2D eigenvalue weighted by atomic mass is 79.9. The van der Waals surface area contributed by atoms with E-state index in [1.165, 1.54) is 0 Å². The van der Waals surface area contributed by atoms with Crippen molar-refractivity contribution in [3.8, 4) is 0 Å². The third-order valence-corrected chi connectivity index (χ3v) is 3.18. The molecule has 0 amide bonds. The van der Waals surface area contributed by atoms with Gasteiger partial charge in [-0.05, 0) is 34.1 Å². The topological polar surface area (TPSA) is 38.9 Å². The number of rotatable bonds is 0. The smallest absolute Gasteiger partial charge is 0.0879 e. The largest absolute Gasteiger partial charge is 0.398 e. The summed E-state index contributed by atoms with van der Waals surface area (Å²) in [5.41, 5.74) is 7.28. The Bertz CT molecular complexity index is 470. The maximum atomic E-state index is 5.91. The van der Waals surface area contributed by atoms with Crippen LogP contribution in [-0.2, 0) is 0 Å². The Balaban J connectivity index is 2.94. The van der Waals surface area contributed by atoms with E-state index in [1.54, 1.807) is 18.3 Å². The molecule has 0 saturated heterocycles. The van der Waals surface area contributed by atoms with E-state index in [1.807, 2.05) is 6.07 Å². The lowest BCUT2D eigenvalue weighted by Crippen LogP contribution is -1.89. The second-order valence-electron chi connectivity index (χ2n) is 2.66. The van der Waals surface area contributed by atoms with Crippen LogP contribution in [0, 0.1) is 0 Å². The fourth-order valence-electron chi connectivity index (χ4n) is 1.18. The normalized spacial score (nSPS) is 10.6. The van der Waals surface area contributed by atoms with E-state index in [9.17, 15) is 0 Å². The summed E-state index contributed by atoms with van der Waals surface area (Å²) in [6, 6.07) is 5.43. The Labute approximate surface area is 88.8 Å². The lowest BCUT2D eigenvalue weighted by molar-refractivity contribution is 1.40. The first kappa shape index (κ1) is 8.78. The Morgan fingerprint density at radius 1 is 1.31 bits per heavy atom. The van der Waals surface area contributed by atoms with Crippen LogP contribution in [0.1, 0.15) is 0 Å². The van der Waals surface area contributed by atoms with Gasteiger partial charge < -0.3 is 5.73 Å².